The molecule has 0 radical (unpaired) electrons. The Hall–Kier alpha value is -3.25. The molecule has 0 fully saturated rings. The fourth-order valence-corrected chi connectivity index (χ4v) is 3.16. The van der Waals surface area contributed by atoms with Gasteiger partial charge in [0.2, 0.25) is 0 Å². The molecule has 0 aliphatic rings. The summed E-state index contributed by atoms with van der Waals surface area (Å²) in [4.78, 5) is 0. The fraction of sp³-hybridized carbons (Fsp3) is 0.0833. The van der Waals surface area contributed by atoms with Gasteiger partial charge in [-0.2, -0.15) is 0 Å². The first kappa shape index (κ1) is 18.5. The molecule has 0 amide bonds. The Morgan fingerprint density at radius 2 is 1.19 bits per heavy atom. The van der Waals surface area contributed by atoms with Crippen molar-refractivity contribution >= 4 is 21.5 Å². The van der Waals surface area contributed by atoms with E-state index in [9.17, 15) is 13.2 Å². The predicted octanol–water partition coefficient (Wildman–Crippen LogP) is 6.70. The van der Waals surface area contributed by atoms with E-state index in [4.69, 9.17) is 6.42 Å². The van der Waals surface area contributed by atoms with Crippen LogP contribution in [0.15, 0.2) is 60.7 Å². The Balaban J connectivity index is 0.000000156. The van der Waals surface area contributed by atoms with Crippen molar-refractivity contribution in [2.75, 3.05) is 0 Å². The molecule has 0 aliphatic heterocycles. The molecule has 0 aliphatic carbocycles. The van der Waals surface area contributed by atoms with Gasteiger partial charge in [0, 0.05) is 10.8 Å². The first-order valence-corrected chi connectivity index (χ1v) is 8.42. The number of hydrogen-bond donors (Lipinski definition) is 0. The number of fused-ring (bicyclic) bond motifs is 2. The van der Waals surface area contributed by atoms with Crippen LogP contribution in [0.3, 0.4) is 0 Å². The predicted molar refractivity (Wildman–Crippen MR) is 105 cm³/mol. The summed E-state index contributed by atoms with van der Waals surface area (Å²) in [6.07, 6.45) is 5.30. The van der Waals surface area contributed by atoms with Crippen LogP contribution in [-0.4, -0.2) is 0 Å². The van der Waals surface area contributed by atoms with Gasteiger partial charge in [-0.1, -0.05) is 54.5 Å². The summed E-state index contributed by atoms with van der Waals surface area (Å²) in [5.74, 6) is 0.535. The average molecular weight is 362 g/mol. The Morgan fingerprint density at radius 1 is 0.667 bits per heavy atom. The molecule has 4 aromatic rings. The SMILES string of the molecule is C#Cc1c(F)ccc2cccc(C)c12.Cc1cccc2ccc(F)c(F)c12. The maximum Gasteiger partial charge on any atom is 0.166 e. The van der Waals surface area contributed by atoms with Gasteiger partial charge in [0.1, 0.15) is 5.82 Å². The van der Waals surface area contributed by atoms with Crippen LogP contribution in [0.2, 0.25) is 0 Å². The van der Waals surface area contributed by atoms with E-state index in [1.54, 1.807) is 31.2 Å². The van der Waals surface area contributed by atoms with E-state index in [-0.39, 0.29) is 5.82 Å². The zero-order chi connectivity index (χ0) is 19.6. The maximum atomic E-state index is 13.4. The molecule has 4 rings (SSSR count). The molecule has 0 saturated heterocycles. The number of benzene rings is 4. The molecular formula is C24H17F3. The summed E-state index contributed by atoms with van der Waals surface area (Å²) in [6, 6.07) is 17.1. The zero-order valence-corrected chi connectivity index (χ0v) is 15.0. The minimum absolute atomic E-state index is 0.325. The minimum Gasteiger partial charge on any atom is -0.206 e. The molecule has 134 valence electrons. The summed E-state index contributed by atoms with van der Waals surface area (Å²) < 4.78 is 39.5. The number of terminal acetylenes is 1. The van der Waals surface area contributed by atoms with Crippen LogP contribution in [0.1, 0.15) is 16.7 Å². The molecule has 0 saturated carbocycles. The summed E-state index contributed by atoms with van der Waals surface area (Å²) in [6.45, 7) is 3.70. The quantitative estimate of drug-likeness (QED) is 0.306. The molecule has 27 heavy (non-hydrogen) atoms. The second-order valence-corrected chi connectivity index (χ2v) is 6.27. The van der Waals surface area contributed by atoms with Crippen LogP contribution in [0.25, 0.3) is 21.5 Å². The van der Waals surface area contributed by atoms with Crippen molar-refractivity contribution in [3.8, 4) is 12.3 Å². The van der Waals surface area contributed by atoms with E-state index >= 15 is 0 Å². The number of rotatable bonds is 0. The lowest BCUT2D eigenvalue weighted by Crippen LogP contribution is -1.88. The molecule has 4 aromatic carbocycles. The van der Waals surface area contributed by atoms with Crippen LogP contribution in [-0.2, 0) is 0 Å². The normalized spacial score (nSPS) is 10.4. The number of halogens is 3. The van der Waals surface area contributed by atoms with Crippen molar-refractivity contribution in [3.05, 3.63) is 94.8 Å². The molecule has 0 atom stereocenters. The molecule has 0 bridgehead atoms. The Bertz CT molecular complexity index is 1180. The fourth-order valence-electron chi connectivity index (χ4n) is 3.16. The smallest absolute Gasteiger partial charge is 0.166 e. The van der Waals surface area contributed by atoms with Crippen molar-refractivity contribution in [2.45, 2.75) is 13.8 Å². The van der Waals surface area contributed by atoms with E-state index in [1.807, 2.05) is 31.2 Å². The lowest BCUT2D eigenvalue weighted by Gasteiger charge is -2.05. The third-order valence-electron chi connectivity index (χ3n) is 4.49. The molecular weight excluding hydrogens is 345 g/mol. The summed E-state index contributed by atoms with van der Waals surface area (Å²) in [5, 5.41) is 2.94. The van der Waals surface area contributed by atoms with Crippen LogP contribution in [0.4, 0.5) is 13.2 Å². The van der Waals surface area contributed by atoms with Gasteiger partial charge in [-0.3, -0.25) is 0 Å². The topological polar surface area (TPSA) is 0 Å². The van der Waals surface area contributed by atoms with Crippen LogP contribution >= 0.6 is 0 Å². The van der Waals surface area contributed by atoms with Gasteiger partial charge in [0.15, 0.2) is 11.6 Å². The lowest BCUT2D eigenvalue weighted by molar-refractivity contribution is 0.517. The molecule has 0 N–H and O–H groups in total. The molecule has 0 aromatic heterocycles. The van der Waals surface area contributed by atoms with Crippen LogP contribution in [0, 0.1) is 43.6 Å². The third-order valence-corrected chi connectivity index (χ3v) is 4.49. The third kappa shape index (κ3) is 3.52. The van der Waals surface area contributed by atoms with Gasteiger partial charge in [-0.15, -0.1) is 6.42 Å². The highest BCUT2D eigenvalue weighted by Gasteiger charge is 2.08. The first-order valence-electron chi connectivity index (χ1n) is 8.42. The van der Waals surface area contributed by atoms with Crippen molar-refractivity contribution < 1.29 is 13.2 Å². The zero-order valence-electron chi connectivity index (χ0n) is 15.0. The Kier molecular flexibility index (Phi) is 5.19. The van der Waals surface area contributed by atoms with E-state index in [1.165, 1.54) is 6.07 Å². The highest BCUT2D eigenvalue weighted by atomic mass is 19.2. The van der Waals surface area contributed by atoms with Gasteiger partial charge in [0.25, 0.3) is 0 Å². The van der Waals surface area contributed by atoms with Gasteiger partial charge in [0.05, 0.1) is 5.56 Å². The number of aryl methyl sites for hydroxylation is 2. The van der Waals surface area contributed by atoms with Gasteiger partial charge in [-0.25, -0.2) is 13.2 Å². The largest absolute Gasteiger partial charge is 0.206 e. The highest BCUT2D eigenvalue weighted by molar-refractivity contribution is 5.91. The van der Waals surface area contributed by atoms with Gasteiger partial charge < -0.3 is 0 Å². The van der Waals surface area contributed by atoms with Gasteiger partial charge in [-0.05, 0) is 47.9 Å². The summed E-state index contributed by atoms with van der Waals surface area (Å²) in [5.41, 5.74) is 2.13. The van der Waals surface area contributed by atoms with E-state index in [0.717, 1.165) is 33.4 Å². The molecule has 0 heterocycles. The first-order chi connectivity index (χ1) is 12.9. The van der Waals surface area contributed by atoms with Crippen molar-refractivity contribution in [1.29, 1.82) is 0 Å². The van der Waals surface area contributed by atoms with E-state index < -0.39 is 11.6 Å². The lowest BCUT2D eigenvalue weighted by atomic mass is 10.00. The standard InChI is InChI=1S/C13H9F.C11H8F2/c1-3-11-12(14)8-7-10-6-4-5-9(2)13(10)11;1-7-3-2-4-8-5-6-9(12)11(13)10(7)8/h1,4-8H,2H3;2-6H,1H3. The molecule has 3 heteroatoms. The maximum absolute atomic E-state index is 13.4. The Labute approximate surface area is 156 Å². The van der Waals surface area contributed by atoms with E-state index in [0.29, 0.717) is 10.9 Å². The van der Waals surface area contributed by atoms with Crippen LogP contribution < -0.4 is 0 Å². The van der Waals surface area contributed by atoms with Crippen LogP contribution in [0.5, 0.6) is 0 Å². The molecule has 0 unspecified atom stereocenters. The number of hydrogen-bond acceptors (Lipinski definition) is 0. The highest BCUT2D eigenvalue weighted by Crippen LogP contribution is 2.24. The van der Waals surface area contributed by atoms with E-state index in [2.05, 4.69) is 5.92 Å². The van der Waals surface area contributed by atoms with Crippen molar-refractivity contribution in [2.24, 2.45) is 0 Å². The van der Waals surface area contributed by atoms with Crippen molar-refractivity contribution in [3.63, 3.8) is 0 Å². The average Bonchev–Trinajstić information content (AvgIpc) is 2.66. The minimum atomic E-state index is -0.790. The monoisotopic (exact) mass is 362 g/mol. The van der Waals surface area contributed by atoms with Crippen molar-refractivity contribution in [1.82, 2.24) is 0 Å². The molecule has 0 spiro atoms. The van der Waals surface area contributed by atoms with Gasteiger partial charge >= 0.3 is 0 Å². The molecule has 0 nitrogen and oxygen atoms in total. The second kappa shape index (κ2) is 7.55. The summed E-state index contributed by atoms with van der Waals surface area (Å²) >= 11 is 0. The summed E-state index contributed by atoms with van der Waals surface area (Å²) in [7, 11) is 0. The Morgan fingerprint density at radius 3 is 1.78 bits per heavy atom. The second-order valence-electron chi connectivity index (χ2n) is 6.27.